The Morgan fingerprint density at radius 2 is 2.05 bits per heavy atom. The van der Waals surface area contributed by atoms with Crippen LogP contribution in [0.15, 0.2) is 40.9 Å². The summed E-state index contributed by atoms with van der Waals surface area (Å²) in [6.45, 7) is 1.92. The van der Waals surface area contributed by atoms with Crippen molar-refractivity contribution in [1.29, 1.82) is 0 Å². The highest BCUT2D eigenvalue weighted by atomic mass is 79.9. The molecule has 0 radical (unpaired) electrons. The van der Waals surface area contributed by atoms with E-state index in [4.69, 9.17) is 11.6 Å². The van der Waals surface area contributed by atoms with Gasteiger partial charge in [0, 0.05) is 10.0 Å². The molecule has 5 heteroatoms. The molecule has 0 aliphatic heterocycles. The number of rotatable bonds is 2. The van der Waals surface area contributed by atoms with Gasteiger partial charge in [-0.3, -0.25) is 4.79 Å². The lowest BCUT2D eigenvalue weighted by Gasteiger charge is -2.09. The van der Waals surface area contributed by atoms with Crippen LogP contribution in [-0.4, -0.2) is 5.91 Å². The van der Waals surface area contributed by atoms with Gasteiger partial charge in [-0.05, 0) is 36.8 Å². The third-order valence-electron chi connectivity index (χ3n) is 2.64. The molecular weight excluding hydrogens is 333 g/mol. The minimum absolute atomic E-state index is 0.00846. The molecule has 98 valence electrons. The smallest absolute Gasteiger partial charge is 0.255 e. The molecule has 0 fully saturated rings. The average Bonchev–Trinajstić information content (AvgIpc) is 2.37. The fourth-order valence-electron chi connectivity index (χ4n) is 1.54. The van der Waals surface area contributed by atoms with E-state index >= 15 is 0 Å². The fourth-order valence-corrected chi connectivity index (χ4v) is 2.13. The van der Waals surface area contributed by atoms with Crippen LogP contribution in [0.2, 0.25) is 5.02 Å². The van der Waals surface area contributed by atoms with Crippen molar-refractivity contribution in [3.05, 3.63) is 62.8 Å². The zero-order chi connectivity index (χ0) is 14.0. The van der Waals surface area contributed by atoms with Gasteiger partial charge in [-0.1, -0.05) is 39.7 Å². The Morgan fingerprint density at radius 3 is 2.68 bits per heavy atom. The lowest BCUT2D eigenvalue weighted by Crippen LogP contribution is -2.13. The minimum Gasteiger partial charge on any atom is -0.318 e. The van der Waals surface area contributed by atoms with Gasteiger partial charge in [0.25, 0.3) is 5.91 Å². The van der Waals surface area contributed by atoms with Crippen LogP contribution < -0.4 is 5.32 Å². The van der Waals surface area contributed by atoms with Gasteiger partial charge in [0.1, 0.15) is 5.82 Å². The minimum atomic E-state index is -0.563. The van der Waals surface area contributed by atoms with Crippen molar-refractivity contribution in [2.75, 3.05) is 5.32 Å². The average molecular weight is 343 g/mol. The van der Waals surface area contributed by atoms with Crippen LogP contribution in [0.3, 0.4) is 0 Å². The highest BCUT2D eigenvalue weighted by Gasteiger charge is 2.12. The molecular formula is C14H10BrClFNO. The Balaban J connectivity index is 2.28. The van der Waals surface area contributed by atoms with Gasteiger partial charge in [0.2, 0.25) is 0 Å². The first-order chi connectivity index (χ1) is 8.99. The van der Waals surface area contributed by atoms with Crippen molar-refractivity contribution in [2.45, 2.75) is 6.92 Å². The Labute approximate surface area is 123 Å². The number of amides is 1. The second kappa shape index (κ2) is 5.72. The molecule has 0 spiro atoms. The maximum absolute atomic E-state index is 13.6. The van der Waals surface area contributed by atoms with Crippen molar-refractivity contribution in [3.63, 3.8) is 0 Å². The van der Waals surface area contributed by atoms with E-state index in [1.165, 1.54) is 18.2 Å². The Hall–Kier alpha value is -1.39. The third-order valence-corrected chi connectivity index (χ3v) is 3.80. The molecule has 2 aromatic carbocycles. The lowest BCUT2D eigenvalue weighted by atomic mass is 10.1. The first-order valence-corrected chi connectivity index (χ1v) is 6.67. The fraction of sp³-hybridized carbons (Fsp3) is 0.0714. The van der Waals surface area contributed by atoms with E-state index in [2.05, 4.69) is 21.2 Å². The highest BCUT2D eigenvalue weighted by Crippen LogP contribution is 2.25. The first-order valence-electron chi connectivity index (χ1n) is 5.50. The van der Waals surface area contributed by atoms with Gasteiger partial charge in [0.15, 0.2) is 0 Å². The second-order valence-corrected chi connectivity index (χ2v) is 5.28. The number of hydrogen-bond acceptors (Lipinski definition) is 1. The molecule has 0 heterocycles. The summed E-state index contributed by atoms with van der Waals surface area (Å²) in [5.74, 6) is -0.972. The monoisotopic (exact) mass is 341 g/mol. The van der Waals surface area contributed by atoms with Crippen molar-refractivity contribution < 1.29 is 9.18 Å². The summed E-state index contributed by atoms with van der Waals surface area (Å²) < 4.78 is 14.4. The number of benzene rings is 2. The van der Waals surface area contributed by atoms with Gasteiger partial charge in [-0.2, -0.15) is 0 Å². The molecule has 19 heavy (non-hydrogen) atoms. The molecule has 0 bridgehead atoms. The summed E-state index contributed by atoms with van der Waals surface area (Å²) in [4.78, 5) is 12.0. The van der Waals surface area contributed by atoms with Crippen LogP contribution in [0.25, 0.3) is 0 Å². The Kier molecular flexibility index (Phi) is 4.22. The number of carbonyl (C=O) groups excluding carboxylic acids is 1. The number of carbonyl (C=O) groups is 1. The van der Waals surface area contributed by atoms with E-state index in [-0.39, 0.29) is 10.7 Å². The molecule has 1 amide bonds. The van der Waals surface area contributed by atoms with E-state index in [0.29, 0.717) is 5.56 Å². The van der Waals surface area contributed by atoms with Crippen LogP contribution in [0.5, 0.6) is 0 Å². The van der Waals surface area contributed by atoms with E-state index < -0.39 is 11.7 Å². The number of hydrogen-bond donors (Lipinski definition) is 1. The molecule has 0 atom stereocenters. The topological polar surface area (TPSA) is 29.1 Å². The molecule has 2 rings (SSSR count). The molecule has 0 saturated carbocycles. The number of para-hydroxylation sites is 1. The van der Waals surface area contributed by atoms with E-state index in [9.17, 15) is 9.18 Å². The van der Waals surface area contributed by atoms with Gasteiger partial charge < -0.3 is 5.32 Å². The van der Waals surface area contributed by atoms with Crippen molar-refractivity contribution in [2.24, 2.45) is 0 Å². The standard InChI is InChI=1S/C14H10BrClFNO/c1-8-5-6-9(7-10(8)15)14(19)18-13-11(16)3-2-4-12(13)17/h2-7H,1H3,(H,18,19). The maximum atomic E-state index is 13.6. The molecule has 0 aliphatic rings. The molecule has 1 N–H and O–H groups in total. The largest absolute Gasteiger partial charge is 0.318 e. The second-order valence-electron chi connectivity index (χ2n) is 4.01. The molecule has 0 unspecified atom stereocenters. The normalized spacial score (nSPS) is 10.3. The summed E-state index contributed by atoms with van der Waals surface area (Å²) in [6.07, 6.45) is 0. The molecule has 2 nitrogen and oxygen atoms in total. The highest BCUT2D eigenvalue weighted by molar-refractivity contribution is 9.10. The Morgan fingerprint density at radius 1 is 1.32 bits per heavy atom. The van der Waals surface area contributed by atoms with Crippen molar-refractivity contribution in [1.82, 2.24) is 0 Å². The molecule has 0 aliphatic carbocycles. The van der Waals surface area contributed by atoms with Crippen LogP contribution in [0, 0.1) is 12.7 Å². The van der Waals surface area contributed by atoms with Gasteiger partial charge in [-0.25, -0.2) is 4.39 Å². The molecule has 2 aromatic rings. The van der Waals surface area contributed by atoms with Crippen LogP contribution in [0.1, 0.15) is 15.9 Å². The Bertz CT molecular complexity index is 625. The third kappa shape index (κ3) is 3.14. The number of nitrogens with one attached hydrogen (secondary N) is 1. The van der Waals surface area contributed by atoms with Crippen molar-refractivity contribution >= 4 is 39.1 Å². The zero-order valence-corrected chi connectivity index (χ0v) is 12.3. The quantitative estimate of drug-likeness (QED) is 0.834. The number of anilines is 1. The predicted octanol–water partition coefficient (Wildman–Crippen LogP) is 4.80. The van der Waals surface area contributed by atoms with Gasteiger partial charge >= 0.3 is 0 Å². The number of aryl methyl sites for hydroxylation is 1. The summed E-state index contributed by atoms with van der Waals surface area (Å²) in [5, 5.41) is 2.64. The first kappa shape index (κ1) is 14.0. The summed E-state index contributed by atoms with van der Waals surface area (Å²) in [5.41, 5.74) is 1.43. The van der Waals surface area contributed by atoms with E-state index in [1.54, 1.807) is 12.1 Å². The molecule has 0 saturated heterocycles. The van der Waals surface area contributed by atoms with E-state index in [1.807, 2.05) is 13.0 Å². The van der Waals surface area contributed by atoms with Gasteiger partial charge in [0.05, 0.1) is 10.7 Å². The maximum Gasteiger partial charge on any atom is 0.255 e. The zero-order valence-electron chi connectivity index (χ0n) is 10.0. The summed E-state index contributed by atoms with van der Waals surface area (Å²) in [6, 6.07) is 9.40. The van der Waals surface area contributed by atoms with Gasteiger partial charge in [-0.15, -0.1) is 0 Å². The molecule has 0 aromatic heterocycles. The van der Waals surface area contributed by atoms with Crippen LogP contribution in [-0.2, 0) is 0 Å². The summed E-state index contributed by atoms with van der Waals surface area (Å²) >= 11 is 9.20. The van der Waals surface area contributed by atoms with Crippen molar-refractivity contribution in [3.8, 4) is 0 Å². The van der Waals surface area contributed by atoms with Crippen LogP contribution >= 0.6 is 27.5 Å². The SMILES string of the molecule is Cc1ccc(C(=O)Nc2c(F)cccc2Cl)cc1Br. The number of halogens is 3. The lowest BCUT2D eigenvalue weighted by molar-refractivity contribution is 0.102. The predicted molar refractivity (Wildman–Crippen MR) is 78.2 cm³/mol. The van der Waals surface area contributed by atoms with E-state index in [0.717, 1.165) is 10.0 Å². The summed E-state index contributed by atoms with van der Waals surface area (Å²) in [7, 11) is 0. The van der Waals surface area contributed by atoms with Crippen LogP contribution in [0.4, 0.5) is 10.1 Å².